The maximum Gasteiger partial charge on any atom is 0.0909 e. The molecule has 1 aliphatic heterocycles. The molecule has 17 heavy (non-hydrogen) atoms. The Morgan fingerprint density at radius 2 is 2.12 bits per heavy atom. The van der Waals surface area contributed by atoms with E-state index in [4.69, 9.17) is 0 Å². The van der Waals surface area contributed by atoms with Gasteiger partial charge >= 0.3 is 0 Å². The molecule has 1 fully saturated rings. The zero-order valence-corrected chi connectivity index (χ0v) is 10.5. The molecule has 0 aromatic heterocycles. The van der Waals surface area contributed by atoms with Crippen LogP contribution in [-0.4, -0.2) is 41.8 Å². The Morgan fingerprint density at radius 1 is 1.35 bits per heavy atom. The third kappa shape index (κ3) is 3.53. The fourth-order valence-electron chi connectivity index (χ4n) is 2.42. The van der Waals surface area contributed by atoms with Gasteiger partial charge in [-0.15, -0.1) is 0 Å². The van der Waals surface area contributed by atoms with Crippen molar-refractivity contribution < 1.29 is 5.11 Å². The summed E-state index contributed by atoms with van der Waals surface area (Å²) in [7, 11) is 0. The molecule has 1 heterocycles. The van der Waals surface area contributed by atoms with Gasteiger partial charge in [-0.1, -0.05) is 37.3 Å². The monoisotopic (exact) mass is 234 g/mol. The Balaban J connectivity index is 1.85. The highest BCUT2D eigenvalue weighted by molar-refractivity contribution is 5.15. The van der Waals surface area contributed by atoms with Crippen molar-refractivity contribution in [2.24, 2.45) is 0 Å². The lowest BCUT2D eigenvalue weighted by molar-refractivity contribution is 0.0490. The van der Waals surface area contributed by atoms with Crippen LogP contribution in [0.3, 0.4) is 0 Å². The van der Waals surface area contributed by atoms with E-state index in [0.29, 0.717) is 6.54 Å². The SMILES string of the molecule is CCNCC1(O)CCN(Cc2ccccc2)C1. The minimum absolute atomic E-state index is 0.537. The average Bonchev–Trinajstić information content (AvgIpc) is 2.70. The van der Waals surface area contributed by atoms with Gasteiger partial charge < -0.3 is 10.4 Å². The second-order valence-corrected chi connectivity index (χ2v) is 4.95. The lowest BCUT2D eigenvalue weighted by Crippen LogP contribution is -2.42. The number of benzene rings is 1. The highest BCUT2D eigenvalue weighted by Gasteiger charge is 2.35. The van der Waals surface area contributed by atoms with E-state index in [2.05, 4.69) is 41.4 Å². The first-order valence-corrected chi connectivity index (χ1v) is 6.41. The van der Waals surface area contributed by atoms with Crippen molar-refractivity contribution in [1.29, 1.82) is 0 Å². The lowest BCUT2D eigenvalue weighted by Gasteiger charge is -2.23. The summed E-state index contributed by atoms with van der Waals surface area (Å²) in [5.74, 6) is 0. The topological polar surface area (TPSA) is 35.5 Å². The smallest absolute Gasteiger partial charge is 0.0909 e. The zero-order chi connectivity index (χ0) is 12.1. The van der Waals surface area contributed by atoms with Crippen LogP contribution in [0.25, 0.3) is 0 Å². The standard InChI is InChI=1S/C14H22N2O/c1-2-15-11-14(17)8-9-16(12-14)10-13-6-4-3-5-7-13/h3-7,15,17H,2,8-12H2,1H3. The van der Waals surface area contributed by atoms with Crippen LogP contribution in [0.1, 0.15) is 18.9 Å². The van der Waals surface area contributed by atoms with E-state index < -0.39 is 5.60 Å². The van der Waals surface area contributed by atoms with Crippen LogP contribution in [0.2, 0.25) is 0 Å². The molecule has 2 N–H and O–H groups in total. The van der Waals surface area contributed by atoms with Crippen LogP contribution >= 0.6 is 0 Å². The van der Waals surface area contributed by atoms with Gasteiger partial charge in [-0.05, 0) is 18.5 Å². The van der Waals surface area contributed by atoms with Gasteiger partial charge in [0, 0.05) is 26.2 Å². The molecular weight excluding hydrogens is 212 g/mol. The molecule has 1 atom stereocenters. The normalized spacial score (nSPS) is 25.3. The van der Waals surface area contributed by atoms with Crippen molar-refractivity contribution in [2.75, 3.05) is 26.2 Å². The molecule has 1 aliphatic rings. The van der Waals surface area contributed by atoms with Crippen LogP contribution in [0.5, 0.6) is 0 Å². The summed E-state index contributed by atoms with van der Waals surface area (Å²) >= 11 is 0. The molecule has 3 heteroatoms. The first-order chi connectivity index (χ1) is 8.22. The summed E-state index contributed by atoms with van der Waals surface area (Å²) in [6, 6.07) is 10.4. The summed E-state index contributed by atoms with van der Waals surface area (Å²) in [5, 5.41) is 13.6. The zero-order valence-electron chi connectivity index (χ0n) is 10.5. The molecule has 1 unspecified atom stereocenters. The Labute approximate surface area is 103 Å². The maximum atomic E-state index is 10.4. The van der Waals surface area contributed by atoms with Crippen molar-refractivity contribution in [3.63, 3.8) is 0 Å². The van der Waals surface area contributed by atoms with Gasteiger partial charge in [-0.3, -0.25) is 4.90 Å². The minimum atomic E-state index is -0.537. The predicted octanol–water partition coefficient (Wildman–Crippen LogP) is 1.23. The van der Waals surface area contributed by atoms with Gasteiger partial charge in [0.25, 0.3) is 0 Å². The van der Waals surface area contributed by atoms with Gasteiger partial charge in [-0.25, -0.2) is 0 Å². The van der Waals surface area contributed by atoms with Gasteiger partial charge in [0.2, 0.25) is 0 Å². The summed E-state index contributed by atoms with van der Waals surface area (Å²) in [6.07, 6.45) is 0.868. The first-order valence-electron chi connectivity index (χ1n) is 6.41. The van der Waals surface area contributed by atoms with Gasteiger partial charge in [-0.2, -0.15) is 0 Å². The van der Waals surface area contributed by atoms with E-state index in [-0.39, 0.29) is 0 Å². The third-order valence-corrected chi connectivity index (χ3v) is 3.36. The quantitative estimate of drug-likeness (QED) is 0.804. The number of hydrogen-bond acceptors (Lipinski definition) is 3. The molecule has 1 saturated heterocycles. The molecule has 0 spiro atoms. The fraction of sp³-hybridized carbons (Fsp3) is 0.571. The van der Waals surface area contributed by atoms with Gasteiger partial charge in [0.1, 0.15) is 0 Å². The molecular formula is C14H22N2O. The highest BCUT2D eigenvalue weighted by atomic mass is 16.3. The van der Waals surface area contributed by atoms with Crippen molar-refractivity contribution in [3.8, 4) is 0 Å². The second-order valence-electron chi connectivity index (χ2n) is 4.95. The number of nitrogens with zero attached hydrogens (tertiary/aromatic N) is 1. The van der Waals surface area contributed by atoms with E-state index in [1.165, 1.54) is 5.56 Å². The Hall–Kier alpha value is -0.900. The first kappa shape index (κ1) is 12.6. The van der Waals surface area contributed by atoms with Gasteiger partial charge in [0.05, 0.1) is 5.60 Å². The van der Waals surface area contributed by atoms with Gasteiger partial charge in [0.15, 0.2) is 0 Å². The third-order valence-electron chi connectivity index (χ3n) is 3.36. The van der Waals surface area contributed by atoms with Crippen LogP contribution in [0, 0.1) is 0 Å². The molecule has 1 aromatic rings. The number of likely N-dealkylation sites (tertiary alicyclic amines) is 1. The number of aliphatic hydroxyl groups is 1. The molecule has 0 amide bonds. The van der Waals surface area contributed by atoms with E-state index in [0.717, 1.165) is 32.6 Å². The van der Waals surface area contributed by atoms with Crippen LogP contribution in [0.15, 0.2) is 30.3 Å². The molecule has 3 nitrogen and oxygen atoms in total. The van der Waals surface area contributed by atoms with E-state index >= 15 is 0 Å². The Morgan fingerprint density at radius 3 is 2.82 bits per heavy atom. The summed E-state index contributed by atoms with van der Waals surface area (Å²) in [5.41, 5.74) is 0.783. The largest absolute Gasteiger partial charge is 0.387 e. The summed E-state index contributed by atoms with van der Waals surface area (Å²) < 4.78 is 0. The number of hydrogen-bond donors (Lipinski definition) is 2. The van der Waals surface area contributed by atoms with Crippen LogP contribution in [0.4, 0.5) is 0 Å². The number of β-amino-alcohol motifs (C(OH)–C–C–N with tert-alkyl or cyclic N) is 1. The average molecular weight is 234 g/mol. The fourth-order valence-corrected chi connectivity index (χ4v) is 2.42. The predicted molar refractivity (Wildman–Crippen MR) is 69.8 cm³/mol. The Kier molecular flexibility index (Phi) is 4.15. The van der Waals surface area contributed by atoms with E-state index in [1.54, 1.807) is 0 Å². The Bertz CT molecular complexity index is 341. The number of nitrogens with one attached hydrogen (secondary N) is 1. The van der Waals surface area contributed by atoms with Crippen LogP contribution in [-0.2, 0) is 6.54 Å². The second kappa shape index (κ2) is 5.63. The van der Waals surface area contributed by atoms with Crippen molar-refractivity contribution >= 4 is 0 Å². The molecule has 1 aromatic carbocycles. The molecule has 0 bridgehead atoms. The molecule has 94 valence electrons. The van der Waals surface area contributed by atoms with E-state index in [1.807, 2.05) is 6.07 Å². The molecule has 2 rings (SSSR count). The highest BCUT2D eigenvalue weighted by Crippen LogP contribution is 2.22. The summed E-state index contributed by atoms with van der Waals surface area (Å²) in [4.78, 5) is 2.33. The van der Waals surface area contributed by atoms with Crippen molar-refractivity contribution in [1.82, 2.24) is 10.2 Å². The molecule has 0 radical (unpaired) electrons. The number of likely N-dealkylation sites (N-methyl/N-ethyl adjacent to an activating group) is 1. The van der Waals surface area contributed by atoms with E-state index in [9.17, 15) is 5.11 Å². The molecule has 0 aliphatic carbocycles. The van der Waals surface area contributed by atoms with Crippen molar-refractivity contribution in [2.45, 2.75) is 25.5 Å². The molecule has 0 saturated carbocycles. The number of rotatable bonds is 5. The van der Waals surface area contributed by atoms with Crippen LogP contribution < -0.4 is 5.32 Å². The van der Waals surface area contributed by atoms with Crippen molar-refractivity contribution in [3.05, 3.63) is 35.9 Å². The maximum absolute atomic E-state index is 10.4. The minimum Gasteiger partial charge on any atom is -0.387 e. The summed E-state index contributed by atoms with van der Waals surface area (Å²) in [6.45, 7) is 6.39. The lowest BCUT2D eigenvalue weighted by atomic mass is 10.0.